The molecule has 2 aromatic heterocycles. The molecule has 32 heavy (non-hydrogen) atoms. The number of aldehydes is 1. The third-order valence-corrected chi connectivity index (χ3v) is 5.25. The number of hydrogen-bond acceptors (Lipinski definition) is 4. The van der Waals surface area contributed by atoms with Crippen molar-refractivity contribution in [1.82, 2.24) is 9.13 Å². The van der Waals surface area contributed by atoms with Crippen LogP contribution in [0, 0.1) is 11.6 Å². The molecule has 0 amide bonds. The van der Waals surface area contributed by atoms with Gasteiger partial charge in [0.05, 0.1) is 34.2 Å². The fraction of sp³-hybridized carbons (Fsp3) is 0.136. The fourth-order valence-corrected chi connectivity index (χ4v) is 3.73. The molecular formula is C22H16Cl2F2N2O4. The van der Waals surface area contributed by atoms with Crippen LogP contribution in [0.4, 0.5) is 8.78 Å². The summed E-state index contributed by atoms with van der Waals surface area (Å²) in [6.45, 7) is -0.181. The second-order valence-corrected chi connectivity index (χ2v) is 7.45. The van der Waals surface area contributed by atoms with E-state index in [1.54, 1.807) is 0 Å². The molecule has 0 unspecified atom stereocenters. The zero-order valence-corrected chi connectivity index (χ0v) is 17.9. The monoisotopic (exact) mass is 480 g/mol. The fourth-order valence-electron chi connectivity index (χ4n) is 3.22. The van der Waals surface area contributed by atoms with Crippen LogP contribution in [-0.4, -0.2) is 27.1 Å². The highest BCUT2D eigenvalue weighted by molar-refractivity contribution is 6.35. The first-order valence-electron chi connectivity index (χ1n) is 9.28. The van der Waals surface area contributed by atoms with Crippen molar-refractivity contribution in [2.45, 2.75) is 13.1 Å². The van der Waals surface area contributed by atoms with Crippen LogP contribution in [-0.2, 0) is 17.9 Å². The van der Waals surface area contributed by atoms with Gasteiger partial charge in [-0.1, -0.05) is 23.2 Å². The lowest BCUT2D eigenvalue weighted by Crippen LogP contribution is -2.21. The highest BCUT2D eigenvalue weighted by atomic mass is 35.5. The maximum atomic E-state index is 13.1. The second-order valence-electron chi connectivity index (χ2n) is 6.64. The van der Waals surface area contributed by atoms with Crippen LogP contribution in [0.2, 0.25) is 10.0 Å². The van der Waals surface area contributed by atoms with Gasteiger partial charge < -0.3 is 19.0 Å². The van der Waals surface area contributed by atoms with Crippen LogP contribution in [0.15, 0.2) is 58.1 Å². The number of aliphatic hydroxyl groups is 1. The standard InChI is InChI=1S/C11H9ClFNO2.C11H7ClFNO2/c2*12-9-6-11(16)14(3-4-15)10-5-7(13)1-2-8(9)10/h1-2,5-6,15H,3-4H2;1-2,4-6H,3H2. The summed E-state index contributed by atoms with van der Waals surface area (Å²) in [7, 11) is 0. The highest BCUT2D eigenvalue weighted by Gasteiger charge is 2.09. The summed E-state index contributed by atoms with van der Waals surface area (Å²) < 4.78 is 28.6. The van der Waals surface area contributed by atoms with E-state index in [4.69, 9.17) is 28.3 Å². The minimum atomic E-state index is -0.478. The summed E-state index contributed by atoms with van der Waals surface area (Å²) in [6.07, 6.45) is 0.583. The average Bonchev–Trinajstić information content (AvgIpc) is 2.74. The zero-order valence-electron chi connectivity index (χ0n) is 16.4. The normalized spacial score (nSPS) is 10.8. The third-order valence-electron chi connectivity index (χ3n) is 4.63. The number of halogens is 4. The molecule has 0 atom stereocenters. The van der Waals surface area contributed by atoms with Crippen LogP contribution in [0.25, 0.3) is 21.8 Å². The Morgan fingerprint density at radius 2 is 1.28 bits per heavy atom. The van der Waals surface area contributed by atoms with Gasteiger partial charge in [-0.15, -0.1) is 0 Å². The largest absolute Gasteiger partial charge is 0.395 e. The maximum Gasteiger partial charge on any atom is 0.252 e. The van der Waals surface area contributed by atoms with Crippen LogP contribution in [0.5, 0.6) is 0 Å². The van der Waals surface area contributed by atoms with Gasteiger partial charge in [-0.2, -0.15) is 0 Å². The summed E-state index contributed by atoms with van der Waals surface area (Å²) in [4.78, 5) is 33.6. The molecular weight excluding hydrogens is 465 g/mol. The van der Waals surface area contributed by atoms with E-state index in [2.05, 4.69) is 0 Å². The van der Waals surface area contributed by atoms with E-state index < -0.39 is 17.2 Å². The topological polar surface area (TPSA) is 81.3 Å². The molecule has 166 valence electrons. The van der Waals surface area contributed by atoms with Crippen molar-refractivity contribution in [1.29, 1.82) is 0 Å². The second kappa shape index (κ2) is 10.0. The summed E-state index contributed by atoms with van der Waals surface area (Å²) >= 11 is 11.8. The van der Waals surface area contributed by atoms with Gasteiger partial charge in [0.2, 0.25) is 0 Å². The number of benzene rings is 2. The molecule has 2 aromatic carbocycles. The van der Waals surface area contributed by atoms with Gasteiger partial charge >= 0.3 is 0 Å². The summed E-state index contributed by atoms with van der Waals surface area (Å²) in [6, 6.07) is 10.4. The Balaban J connectivity index is 0.000000181. The van der Waals surface area contributed by atoms with Gasteiger partial charge in [0.25, 0.3) is 11.1 Å². The van der Waals surface area contributed by atoms with Gasteiger partial charge in [0.1, 0.15) is 17.9 Å². The Labute approximate surface area is 189 Å². The van der Waals surface area contributed by atoms with E-state index in [1.807, 2.05) is 0 Å². The predicted molar refractivity (Wildman–Crippen MR) is 120 cm³/mol. The molecule has 4 aromatic rings. The molecule has 0 spiro atoms. The minimum absolute atomic E-state index is 0.115. The van der Waals surface area contributed by atoms with Gasteiger partial charge in [0, 0.05) is 29.4 Å². The van der Waals surface area contributed by atoms with E-state index in [-0.39, 0.29) is 35.3 Å². The van der Waals surface area contributed by atoms with Gasteiger partial charge in [0.15, 0.2) is 0 Å². The molecule has 0 aliphatic carbocycles. The Morgan fingerprint density at radius 3 is 1.75 bits per heavy atom. The van der Waals surface area contributed by atoms with Crippen molar-refractivity contribution in [3.05, 3.63) is 90.9 Å². The Hall–Kier alpha value is -3.07. The first-order chi connectivity index (χ1) is 15.3. The van der Waals surface area contributed by atoms with Gasteiger partial charge in [-0.25, -0.2) is 8.78 Å². The quantitative estimate of drug-likeness (QED) is 0.450. The smallest absolute Gasteiger partial charge is 0.252 e. The van der Waals surface area contributed by atoms with Crippen molar-refractivity contribution >= 4 is 51.3 Å². The number of aliphatic hydroxyl groups excluding tert-OH is 1. The lowest BCUT2D eigenvalue weighted by Gasteiger charge is -2.09. The van der Waals surface area contributed by atoms with E-state index in [1.165, 1.54) is 57.7 Å². The Bertz CT molecular complexity index is 1430. The maximum absolute atomic E-state index is 13.1. The van der Waals surface area contributed by atoms with Crippen LogP contribution in [0.1, 0.15) is 0 Å². The number of fused-ring (bicyclic) bond motifs is 2. The van der Waals surface area contributed by atoms with Crippen molar-refractivity contribution in [3.8, 4) is 0 Å². The molecule has 0 saturated heterocycles. The number of carbonyl (C=O) groups is 1. The molecule has 0 saturated carbocycles. The number of rotatable bonds is 4. The minimum Gasteiger partial charge on any atom is -0.395 e. The molecule has 0 aliphatic heterocycles. The molecule has 1 N–H and O–H groups in total. The van der Waals surface area contributed by atoms with Crippen LogP contribution >= 0.6 is 23.2 Å². The van der Waals surface area contributed by atoms with Gasteiger partial charge in [-0.05, 0) is 36.4 Å². The summed E-state index contributed by atoms with van der Waals surface area (Å²) in [5, 5.41) is 10.5. The van der Waals surface area contributed by atoms with E-state index >= 15 is 0 Å². The number of nitrogens with zero attached hydrogens (tertiary/aromatic N) is 2. The summed E-state index contributed by atoms with van der Waals surface area (Å²) in [5.74, 6) is -0.922. The van der Waals surface area contributed by atoms with Crippen molar-refractivity contribution < 1.29 is 18.7 Å². The third kappa shape index (κ3) is 4.88. The van der Waals surface area contributed by atoms with Crippen LogP contribution in [0.3, 0.4) is 0 Å². The molecule has 10 heteroatoms. The molecule has 0 aliphatic rings. The molecule has 0 fully saturated rings. The van der Waals surface area contributed by atoms with E-state index in [0.717, 1.165) is 0 Å². The van der Waals surface area contributed by atoms with E-state index in [9.17, 15) is 23.2 Å². The molecule has 0 bridgehead atoms. The zero-order chi connectivity index (χ0) is 23.4. The average molecular weight is 481 g/mol. The van der Waals surface area contributed by atoms with Crippen molar-refractivity contribution in [2.75, 3.05) is 6.61 Å². The van der Waals surface area contributed by atoms with E-state index in [0.29, 0.717) is 28.1 Å². The molecule has 0 radical (unpaired) electrons. The molecule has 2 heterocycles. The Morgan fingerprint density at radius 1 is 0.812 bits per heavy atom. The Kier molecular flexibility index (Phi) is 7.40. The van der Waals surface area contributed by atoms with Crippen molar-refractivity contribution in [3.63, 3.8) is 0 Å². The number of carbonyl (C=O) groups excluding carboxylic acids is 1. The summed E-state index contributed by atoms with van der Waals surface area (Å²) in [5.41, 5.74) is -0.0523. The lowest BCUT2D eigenvalue weighted by molar-refractivity contribution is -0.108. The first kappa shape index (κ1) is 23.6. The molecule has 6 nitrogen and oxygen atoms in total. The number of pyridine rings is 2. The number of hydrogen-bond donors (Lipinski definition) is 1. The van der Waals surface area contributed by atoms with Crippen LogP contribution < -0.4 is 11.1 Å². The molecule has 4 rings (SSSR count). The lowest BCUT2D eigenvalue weighted by atomic mass is 10.2. The predicted octanol–water partition coefficient (Wildman–Crippen LogP) is 3.78. The van der Waals surface area contributed by atoms with Crippen molar-refractivity contribution in [2.24, 2.45) is 0 Å². The SMILES string of the molecule is O=CCn1c(=O)cc(Cl)c2ccc(F)cc21.O=c1cc(Cl)c2ccc(F)cc2n1CCO. The number of aromatic nitrogens is 2. The first-order valence-corrected chi connectivity index (χ1v) is 10.0. The van der Waals surface area contributed by atoms with Gasteiger partial charge in [-0.3, -0.25) is 9.59 Å². The highest BCUT2D eigenvalue weighted by Crippen LogP contribution is 2.23.